The van der Waals surface area contributed by atoms with E-state index in [1.807, 2.05) is 0 Å². The summed E-state index contributed by atoms with van der Waals surface area (Å²) in [6, 6.07) is 0. The number of aliphatic hydroxyl groups excluding tert-OH is 2. The molecule has 0 aromatic rings. The SMILES string of the molecule is C[C@H](CO)[C@H]1CCC2C3C(O)C[C@]4(C)CC(=O)CC[C@]4(C)C3CC[C@@]21C. The molecule has 0 radical (unpaired) electrons. The fourth-order valence-corrected chi connectivity index (χ4v) is 8.54. The van der Waals surface area contributed by atoms with Crippen LogP contribution in [0, 0.1) is 45.8 Å². The number of hydrogen-bond acceptors (Lipinski definition) is 3. The van der Waals surface area contributed by atoms with Gasteiger partial charge in [-0.25, -0.2) is 0 Å². The van der Waals surface area contributed by atoms with Gasteiger partial charge in [0.2, 0.25) is 0 Å². The first-order chi connectivity index (χ1) is 12.2. The molecule has 4 fully saturated rings. The van der Waals surface area contributed by atoms with E-state index in [0.29, 0.717) is 41.8 Å². The molecule has 0 aromatic carbocycles. The molecule has 0 bridgehead atoms. The number of carbonyl (C=O) groups excluding carboxylic acids is 1. The number of ketones is 1. The standard InChI is InChI=1S/C23H38O3/c1-14(13-24)16-5-6-17-20-18(8-9-22(16,17)3)23(4)10-7-15(25)11-21(23,2)12-19(20)26/h14,16-20,24,26H,5-13H2,1-4H3/t14-,16-,17?,18?,19?,20?,21+,22-,23-/m1/s1. The van der Waals surface area contributed by atoms with Gasteiger partial charge in [-0.05, 0) is 84.4 Å². The second-order valence-corrected chi connectivity index (χ2v) is 11.1. The molecule has 4 saturated carbocycles. The third-order valence-electron chi connectivity index (χ3n) is 10.2. The summed E-state index contributed by atoms with van der Waals surface area (Å²) in [6.45, 7) is 9.65. The second kappa shape index (κ2) is 6.04. The first-order valence-corrected chi connectivity index (χ1v) is 11.0. The van der Waals surface area contributed by atoms with Crippen LogP contribution in [0.25, 0.3) is 0 Å². The lowest BCUT2D eigenvalue weighted by atomic mass is 9.39. The molecule has 3 heteroatoms. The topological polar surface area (TPSA) is 57.5 Å². The molecule has 2 N–H and O–H groups in total. The van der Waals surface area contributed by atoms with Gasteiger partial charge in [-0.1, -0.05) is 27.7 Å². The fourth-order valence-electron chi connectivity index (χ4n) is 8.54. The molecule has 0 saturated heterocycles. The molecule has 3 nitrogen and oxygen atoms in total. The van der Waals surface area contributed by atoms with Crippen molar-refractivity contribution in [3.63, 3.8) is 0 Å². The zero-order chi connectivity index (χ0) is 18.9. The first kappa shape index (κ1) is 18.9. The molecule has 4 aliphatic rings. The second-order valence-electron chi connectivity index (χ2n) is 11.1. The van der Waals surface area contributed by atoms with Crippen LogP contribution < -0.4 is 0 Å². The van der Waals surface area contributed by atoms with Gasteiger partial charge in [0.1, 0.15) is 5.78 Å². The summed E-state index contributed by atoms with van der Waals surface area (Å²) in [7, 11) is 0. The lowest BCUT2D eigenvalue weighted by Crippen LogP contribution is -2.62. The van der Waals surface area contributed by atoms with E-state index in [1.54, 1.807) is 0 Å². The first-order valence-electron chi connectivity index (χ1n) is 11.0. The summed E-state index contributed by atoms with van der Waals surface area (Å²) in [5.74, 6) is 2.85. The average molecular weight is 363 g/mol. The molecular weight excluding hydrogens is 324 g/mol. The van der Waals surface area contributed by atoms with Crippen molar-refractivity contribution in [3.8, 4) is 0 Å². The Kier molecular flexibility index (Phi) is 4.40. The Hall–Kier alpha value is -0.410. The highest BCUT2D eigenvalue weighted by Gasteiger charge is 2.65. The van der Waals surface area contributed by atoms with Gasteiger partial charge in [0.05, 0.1) is 6.10 Å². The van der Waals surface area contributed by atoms with Crippen LogP contribution in [0.2, 0.25) is 0 Å². The van der Waals surface area contributed by atoms with Crippen LogP contribution in [0.4, 0.5) is 0 Å². The van der Waals surface area contributed by atoms with Gasteiger partial charge in [0.15, 0.2) is 0 Å². The predicted molar refractivity (Wildman–Crippen MR) is 102 cm³/mol. The van der Waals surface area contributed by atoms with Gasteiger partial charge >= 0.3 is 0 Å². The van der Waals surface area contributed by atoms with E-state index in [0.717, 1.165) is 19.3 Å². The molecule has 4 rings (SSSR count). The lowest BCUT2D eigenvalue weighted by Gasteiger charge is -2.65. The van der Waals surface area contributed by atoms with Gasteiger partial charge in [-0.3, -0.25) is 4.79 Å². The van der Waals surface area contributed by atoms with Crippen molar-refractivity contribution in [2.75, 3.05) is 6.61 Å². The molecule has 0 amide bonds. The number of Topliss-reactive ketones (excluding diaryl/α,β-unsaturated/α-hetero) is 1. The van der Waals surface area contributed by atoms with Crippen LogP contribution in [-0.2, 0) is 4.79 Å². The Morgan fingerprint density at radius 3 is 2.54 bits per heavy atom. The smallest absolute Gasteiger partial charge is 0.133 e. The van der Waals surface area contributed by atoms with Gasteiger partial charge in [-0.15, -0.1) is 0 Å². The minimum absolute atomic E-state index is 0.0347. The number of hydrogen-bond donors (Lipinski definition) is 2. The molecule has 26 heavy (non-hydrogen) atoms. The van der Waals surface area contributed by atoms with E-state index in [4.69, 9.17) is 0 Å². The van der Waals surface area contributed by atoms with Crippen molar-refractivity contribution in [2.45, 2.75) is 85.2 Å². The highest BCUT2D eigenvalue weighted by Crippen LogP contribution is 2.70. The summed E-state index contributed by atoms with van der Waals surface area (Å²) in [5.41, 5.74) is 0.415. The van der Waals surface area contributed by atoms with Crippen molar-refractivity contribution in [1.82, 2.24) is 0 Å². The Morgan fingerprint density at radius 2 is 1.85 bits per heavy atom. The molecular formula is C23H38O3. The molecule has 0 heterocycles. The van der Waals surface area contributed by atoms with E-state index < -0.39 is 0 Å². The normalized spacial score (nSPS) is 55.0. The van der Waals surface area contributed by atoms with Gasteiger partial charge in [0, 0.05) is 19.4 Å². The molecule has 0 aliphatic heterocycles. The molecule has 0 spiro atoms. The maximum absolute atomic E-state index is 12.2. The van der Waals surface area contributed by atoms with Crippen LogP contribution in [0.3, 0.4) is 0 Å². The summed E-state index contributed by atoms with van der Waals surface area (Å²) in [6.07, 6.45) is 7.74. The van der Waals surface area contributed by atoms with Gasteiger partial charge < -0.3 is 10.2 Å². The third-order valence-corrected chi connectivity index (χ3v) is 10.2. The van der Waals surface area contributed by atoms with E-state index in [2.05, 4.69) is 27.7 Å². The molecule has 9 atom stereocenters. The van der Waals surface area contributed by atoms with E-state index >= 15 is 0 Å². The zero-order valence-corrected chi connectivity index (χ0v) is 17.1. The maximum Gasteiger partial charge on any atom is 0.133 e. The minimum Gasteiger partial charge on any atom is -0.396 e. The summed E-state index contributed by atoms with van der Waals surface area (Å²) < 4.78 is 0. The van der Waals surface area contributed by atoms with Crippen LogP contribution >= 0.6 is 0 Å². The highest BCUT2D eigenvalue weighted by molar-refractivity contribution is 5.80. The summed E-state index contributed by atoms with van der Waals surface area (Å²) in [4.78, 5) is 12.2. The molecule has 0 aromatic heterocycles. The van der Waals surface area contributed by atoms with Crippen LogP contribution in [0.5, 0.6) is 0 Å². The Morgan fingerprint density at radius 1 is 1.12 bits per heavy atom. The minimum atomic E-state index is -0.267. The van der Waals surface area contributed by atoms with Crippen molar-refractivity contribution < 1.29 is 15.0 Å². The Balaban J connectivity index is 1.68. The van der Waals surface area contributed by atoms with Crippen LogP contribution in [0.15, 0.2) is 0 Å². The summed E-state index contributed by atoms with van der Waals surface area (Å²) in [5, 5.41) is 21.0. The highest BCUT2D eigenvalue weighted by atomic mass is 16.3. The largest absolute Gasteiger partial charge is 0.396 e. The van der Waals surface area contributed by atoms with Crippen molar-refractivity contribution in [2.24, 2.45) is 45.8 Å². The fraction of sp³-hybridized carbons (Fsp3) is 0.957. The Labute approximate surface area is 158 Å². The van der Waals surface area contributed by atoms with Crippen LogP contribution in [0.1, 0.15) is 79.1 Å². The predicted octanol–water partition coefficient (Wildman–Crippen LogP) is 4.20. The lowest BCUT2D eigenvalue weighted by molar-refractivity contribution is -0.199. The monoisotopic (exact) mass is 362 g/mol. The quantitative estimate of drug-likeness (QED) is 0.774. The number of carbonyl (C=O) groups is 1. The number of fused-ring (bicyclic) bond motifs is 5. The Bertz CT molecular complexity index is 588. The third kappa shape index (κ3) is 2.35. The molecule has 148 valence electrons. The molecule has 4 unspecified atom stereocenters. The van der Waals surface area contributed by atoms with E-state index in [9.17, 15) is 15.0 Å². The van der Waals surface area contributed by atoms with Gasteiger partial charge in [-0.2, -0.15) is 0 Å². The maximum atomic E-state index is 12.2. The van der Waals surface area contributed by atoms with Crippen molar-refractivity contribution >= 4 is 5.78 Å². The van der Waals surface area contributed by atoms with Gasteiger partial charge in [0.25, 0.3) is 0 Å². The molecule has 4 aliphatic carbocycles. The summed E-state index contributed by atoms with van der Waals surface area (Å²) >= 11 is 0. The van der Waals surface area contributed by atoms with Crippen molar-refractivity contribution in [3.05, 3.63) is 0 Å². The zero-order valence-electron chi connectivity index (χ0n) is 17.1. The average Bonchev–Trinajstić information content (AvgIpc) is 2.93. The van der Waals surface area contributed by atoms with E-state index in [-0.39, 0.29) is 29.0 Å². The van der Waals surface area contributed by atoms with Crippen molar-refractivity contribution in [1.29, 1.82) is 0 Å². The van der Waals surface area contributed by atoms with E-state index in [1.165, 1.54) is 25.7 Å². The number of rotatable bonds is 2. The van der Waals surface area contributed by atoms with Crippen LogP contribution in [-0.4, -0.2) is 28.7 Å². The number of aliphatic hydroxyl groups is 2.